The molecule has 0 aromatic rings. The lowest BCUT2D eigenvalue weighted by Crippen LogP contribution is -2.25. The van der Waals surface area contributed by atoms with E-state index in [1.54, 1.807) is 0 Å². The van der Waals surface area contributed by atoms with Gasteiger partial charge in [0.05, 0.1) is 0 Å². The molecule has 2 rings (SSSR count). The third-order valence-corrected chi connectivity index (χ3v) is 3.93. The number of thioether (sulfide) groups is 1. The molecule has 0 radical (unpaired) electrons. The summed E-state index contributed by atoms with van der Waals surface area (Å²) in [4.78, 5) is 0. The Balaban J connectivity index is 1.84. The van der Waals surface area contributed by atoms with Crippen molar-refractivity contribution in [3.8, 4) is 0 Å². The van der Waals surface area contributed by atoms with E-state index in [4.69, 9.17) is 0 Å². The Kier molecular flexibility index (Phi) is 1.92. The van der Waals surface area contributed by atoms with Crippen LogP contribution in [0.3, 0.4) is 0 Å². The molecule has 0 amide bonds. The van der Waals surface area contributed by atoms with E-state index in [2.05, 4.69) is 17.1 Å². The summed E-state index contributed by atoms with van der Waals surface area (Å²) in [5.41, 5.74) is 0.804. The first-order valence-electron chi connectivity index (χ1n) is 4.20. The van der Waals surface area contributed by atoms with Crippen molar-refractivity contribution in [1.82, 2.24) is 5.32 Å². The van der Waals surface area contributed by atoms with Crippen LogP contribution in [0, 0.1) is 5.41 Å². The molecule has 1 nitrogen and oxygen atoms in total. The van der Waals surface area contributed by atoms with Crippen molar-refractivity contribution < 1.29 is 0 Å². The van der Waals surface area contributed by atoms with Crippen LogP contribution >= 0.6 is 11.8 Å². The summed E-state index contributed by atoms with van der Waals surface area (Å²) in [6, 6.07) is 0. The lowest BCUT2D eigenvalue weighted by molar-refractivity contribution is 0.494. The quantitative estimate of drug-likeness (QED) is 0.572. The van der Waals surface area contributed by atoms with Crippen LogP contribution in [0.5, 0.6) is 0 Å². The highest BCUT2D eigenvalue weighted by Crippen LogP contribution is 2.50. The van der Waals surface area contributed by atoms with E-state index in [0.717, 1.165) is 5.41 Å². The standard InChI is InChI=1S/C8H15NS/c1-2-8(1)3-4-9-5-6-10-7-8/h9H,1-7H2. The highest BCUT2D eigenvalue weighted by atomic mass is 32.2. The maximum absolute atomic E-state index is 3.46. The summed E-state index contributed by atoms with van der Waals surface area (Å²) in [6.45, 7) is 2.49. The second-order valence-corrected chi connectivity index (χ2v) is 4.66. The van der Waals surface area contributed by atoms with E-state index in [-0.39, 0.29) is 0 Å². The van der Waals surface area contributed by atoms with E-state index in [0.29, 0.717) is 0 Å². The zero-order valence-corrected chi connectivity index (χ0v) is 7.17. The lowest BCUT2D eigenvalue weighted by Gasteiger charge is -2.18. The fourth-order valence-electron chi connectivity index (χ4n) is 1.55. The van der Waals surface area contributed by atoms with Crippen LogP contribution in [0.1, 0.15) is 19.3 Å². The van der Waals surface area contributed by atoms with Crippen LogP contribution in [-0.2, 0) is 0 Å². The van der Waals surface area contributed by atoms with Gasteiger partial charge in [0.2, 0.25) is 0 Å². The van der Waals surface area contributed by atoms with Crippen LogP contribution in [0.4, 0.5) is 0 Å². The largest absolute Gasteiger partial charge is 0.316 e. The zero-order valence-electron chi connectivity index (χ0n) is 6.36. The normalized spacial score (nSPS) is 31.2. The average Bonchev–Trinajstić information content (AvgIpc) is 2.61. The molecular formula is C8H15NS. The molecule has 0 aromatic heterocycles. The first-order chi connectivity index (χ1) is 4.91. The van der Waals surface area contributed by atoms with Crippen molar-refractivity contribution in [3.63, 3.8) is 0 Å². The Hall–Kier alpha value is 0.310. The summed E-state index contributed by atoms with van der Waals surface area (Å²) < 4.78 is 0. The Bertz CT molecular complexity index is 110. The first kappa shape index (κ1) is 6.99. The van der Waals surface area contributed by atoms with Gasteiger partial charge in [0.1, 0.15) is 0 Å². The molecule has 1 aliphatic heterocycles. The Labute approximate surface area is 67.0 Å². The maximum atomic E-state index is 3.46. The predicted molar refractivity (Wildman–Crippen MR) is 46.5 cm³/mol. The molecule has 1 saturated carbocycles. The van der Waals surface area contributed by atoms with Gasteiger partial charge >= 0.3 is 0 Å². The fraction of sp³-hybridized carbons (Fsp3) is 1.00. The van der Waals surface area contributed by atoms with Crippen LogP contribution in [0.15, 0.2) is 0 Å². The summed E-state index contributed by atoms with van der Waals surface area (Å²) in [5, 5.41) is 3.46. The maximum Gasteiger partial charge on any atom is 0.00583 e. The molecule has 58 valence electrons. The van der Waals surface area contributed by atoms with Gasteiger partial charge in [-0.3, -0.25) is 0 Å². The van der Waals surface area contributed by atoms with Crippen LogP contribution in [0.25, 0.3) is 0 Å². The van der Waals surface area contributed by atoms with Crippen molar-refractivity contribution in [1.29, 1.82) is 0 Å². The highest BCUT2D eigenvalue weighted by molar-refractivity contribution is 7.99. The monoisotopic (exact) mass is 157 g/mol. The van der Waals surface area contributed by atoms with E-state index in [1.807, 2.05) is 0 Å². The number of rotatable bonds is 0. The Morgan fingerprint density at radius 1 is 1.10 bits per heavy atom. The van der Waals surface area contributed by atoms with Gasteiger partial charge in [-0.05, 0) is 37.0 Å². The van der Waals surface area contributed by atoms with Crippen molar-refractivity contribution in [3.05, 3.63) is 0 Å². The van der Waals surface area contributed by atoms with Crippen molar-refractivity contribution >= 4 is 11.8 Å². The molecule has 1 aliphatic carbocycles. The first-order valence-corrected chi connectivity index (χ1v) is 5.35. The second kappa shape index (κ2) is 2.74. The average molecular weight is 157 g/mol. The molecule has 0 aromatic carbocycles. The Morgan fingerprint density at radius 2 is 2.00 bits per heavy atom. The molecule has 2 fully saturated rings. The minimum atomic E-state index is 0.804. The number of hydrogen-bond acceptors (Lipinski definition) is 2. The Morgan fingerprint density at radius 3 is 2.80 bits per heavy atom. The molecule has 10 heavy (non-hydrogen) atoms. The summed E-state index contributed by atoms with van der Waals surface area (Å²) in [6.07, 6.45) is 4.43. The van der Waals surface area contributed by atoms with Crippen molar-refractivity contribution in [2.24, 2.45) is 5.41 Å². The highest BCUT2D eigenvalue weighted by Gasteiger charge is 2.41. The molecule has 0 unspecified atom stereocenters. The van der Waals surface area contributed by atoms with Crippen molar-refractivity contribution in [2.45, 2.75) is 19.3 Å². The van der Waals surface area contributed by atoms with Gasteiger partial charge in [-0.1, -0.05) is 0 Å². The second-order valence-electron chi connectivity index (χ2n) is 3.55. The van der Waals surface area contributed by atoms with Gasteiger partial charge in [-0.15, -0.1) is 0 Å². The third-order valence-electron chi connectivity index (χ3n) is 2.62. The molecule has 1 N–H and O–H groups in total. The SMILES string of the molecule is C1CSCC2(CCN1)CC2. The minimum absolute atomic E-state index is 0.804. The summed E-state index contributed by atoms with van der Waals surface area (Å²) in [7, 11) is 0. The lowest BCUT2D eigenvalue weighted by atomic mass is 10.1. The number of hydrogen-bond donors (Lipinski definition) is 1. The predicted octanol–water partition coefficient (Wildman–Crippen LogP) is 1.49. The molecule has 1 heterocycles. The van der Waals surface area contributed by atoms with Gasteiger partial charge in [0.15, 0.2) is 0 Å². The van der Waals surface area contributed by atoms with Gasteiger partial charge in [-0.2, -0.15) is 11.8 Å². The minimum Gasteiger partial charge on any atom is -0.316 e. The third kappa shape index (κ3) is 1.48. The van der Waals surface area contributed by atoms with E-state index < -0.39 is 0 Å². The number of nitrogens with one attached hydrogen (secondary N) is 1. The van der Waals surface area contributed by atoms with Gasteiger partial charge in [0, 0.05) is 12.3 Å². The van der Waals surface area contributed by atoms with E-state index in [9.17, 15) is 0 Å². The molecule has 1 spiro atoms. The van der Waals surface area contributed by atoms with Crippen LogP contribution in [-0.4, -0.2) is 24.6 Å². The molecular weight excluding hydrogens is 142 g/mol. The molecule has 2 heteroatoms. The molecule has 2 aliphatic rings. The van der Waals surface area contributed by atoms with E-state index in [1.165, 1.54) is 43.9 Å². The molecule has 0 bridgehead atoms. The summed E-state index contributed by atoms with van der Waals surface area (Å²) >= 11 is 2.14. The van der Waals surface area contributed by atoms with Crippen LogP contribution in [0.2, 0.25) is 0 Å². The topological polar surface area (TPSA) is 12.0 Å². The van der Waals surface area contributed by atoms with E-state index >= 15 is 0 Å². The fourth-order valence-corrected chi connectivity index (χ4v) is 2.85. The van der Waals surface area contributed by atoms with Crippen LogP contribution < -0.4 is 5.32 Å². The van der Waals surface area contributed by atoms with Gasteiger partial charge in [0.25, 0.3) is 0 Å². The molecule has 0 atom stereocenters. The zero-order chi connectivity index (χ0) is 6.86. The molecule has 1 saturated heterocycles. The summed E-state index contributed by atoms with van der Waals surface area (Å²) in [5.74, 6) is 2.76. The smallest absolute Gasteiger partial charge is 0.00583 e. The van der Waals surface area contributed by atoms with Gasteiger partial charge in [-0.25, -0.2) is 0 Å². The van der Waals surface area contributed by atoms with Gasteiger partial charge < -0.3 is 5.32 Å². The van der Waals surface area contributed by atoms with Crippen molar-refractivity contribution in [2.75, 3.05) is 24.6 Å².